The molecule has 0 saturated carbocycles. The summed E-state index contributed by atoms with van der Waals surface area (Å²) >= 11 is 6.29. The summed E-state index contributed by atoms with van der Waals surface area (Å²) in [5.41, 5.74) is 5.82. The molecule has 0 radical (unpaired) electrons. The highest BCUT2D eigenvalue weighted by Crippen LogP contribution is 2.38. The van der Waals surface area contributed by atoms with Gasteiger partial charge in [-0.1, -0.05) is 96.5 Å². The van der Waals surface area contributed by atoms with Crippen LogP contribution in [-0.4, -0.2) is 43.6 Å². The number of halogens is 1. The van der Waals surface area contributed by atoms with Crippen LogP contribution in [0.3, 0.4) is 0 Å². The maximum absolute atomic E-state index is 10.9. The van der Waals surface area contributed by atoms with Crippen LogP contribution in [0.5, 0.6) is 0 Å². The van der Waals surface area contributed by atoms with Gasteiger partial charge in [0.1, 0.15) is 0 Å². The third-order valence-electron chi connectivity index (χ3n) is 8.27. The highest BCUT2D eigenvalue weighted by atomic mass is 79.9. The number of carboxylic acid groups (broad SMARTS) is 2. The number of aliphatic carboxylic acids is 2. The molecule has 48 heavy (non-hydrogen) atoms. The average molecular weight is 740 g/mol. The van der Waals surface area contributed by atoms with Crippen molar-refractivity contribution in [3.05, 3.63) is 142 Å². The standard InChI is InChI=1S/C20H19NO2S.C19H16BrNO2S/c1-13-7-8-16(17-6-4-3-5-15(13)17)14(2)18-11-21-10-9-19(18)24-12-20(22)23;1-12(16-10-21-9-8-18(16)24-11-19(22)23)13-6-7-17(20)15-5-3-2-4-14(13)15/h3-11,14H,12H2,1-2H3,(H,22,23);2-10,12H,11H2,1H3,(H,22,23). The molecule has 2 aromatic heterocycles. The van der Waals surface area contributed by atoms with Gasteiger partial charge < -0.3 is 10.2 Å². The van der Waals surface area contributed by atoms with Gasteiger partial charge in [0, 0.05) is 50.9 Å². The van der Waals surface area contributed by atoms with Crippen LogP contribution in [0.1, 0.15) is 53.5 Å². The maximum Gasteiger partial charge on any atom is 0.313 e. The van der Waals surface area contributed by atoms with Crippen LogP contribution in [0.15, 0.2) is 124 Å². The van der Waals surface area contributed by atoms with Crippen molar-refractivity contribution >= 4 is 72.9 Å². The number of hydrogen-bond acceptors (Lipinski definition) is 6. The number of thioether (sulfide) groups is 2. The Hall–Kier alpha value is -4.18. The minimum Gasteiger partial charge on any atom is -0.481 e. The Bertz CT molecular complexity index is 1940. The first-order valence-corrected chi connectivity index (χ1v) is 18.1. The van der Waals surface area contributed by atoms with E-state index in [1.165, 1.54) is 61.8 Å². The summed E-state index contributed by atoms with van der Waals surface area (Å²) in [7, 11) is 0. The van der Waals surface area contributed by atoms with Crippen LogP contribution in [0.4, 0.5) is 0 Å². The Morgan fingerprint density at radius 1 is 0.625 bits per heavy atom. The van der Waals surface area contributed by atoms with E-state index < -0.39 is 11.9 Å². The number of aromatic nitrogens is 2. The molecule has 2 heterocycles. The smallest absolute Gasteiger partial charge is 0.313 e. The van der Waals surface area contributed by atoms with Crippen LogP contribution in [0, 0.1) is 6.92 Å². The molecule has 0 aliphatic heterocycles. The van der Waals surface area contributed by atoms with Gasteiger partial charge in [-0.3, -0.25) is 19.6 Å². The van der Waals surface area contributed by atoms with E-state index in [0.29, 0.717) is 0 Å². The molecule has 2 atom stereocenters. The lowest BCUT2D eigenvalue weighted by molar-refractivity contribution is -0.134. The fourth-order valence-electron chi connectivity index (χ4n) is 5.83. The van der Waals surface area contributed by atoms with Gasteiger partial charge in [0.2, 0.25) is 0 Å². The SMILES string of the molecule is CC(c1cnccc1SCC(=O)O)c1ccc(Br)c2ccccc12.Cc1ccc(C(C)c2cnccc2SCC(=O)O)c2ccccc12. The van der Waals surface area contributed by atoms with Gasteiger partial charge >= 0.3 is 11.9 Å². The van der Waals surface area contributed by atoms with Gasteiger partial charge in [0.25, 0.3) is 0 Å². The van der Waals surface area contributed by atoms with Gasteiger partial charge in [-0.15, -0.1) is 23.5 Å². The number of carbonyl (C=O) groups is 2. The van der Waals surface area contributed by atoms with E-state index in [9.17, 15) is 9.59 Å². The van der Waals surface area contributed by atoms with E-state index in [4.69, 9.17) is 10.2 Å². The lowest BCUT2D eigenvalue weighted by Crippen LogP contribution is -2.03. The molecule has 6 rings (SSSR count). The first-order chi connectivity index (χ1) is 23.2. The van der Waals surface area contributed by atoms with E-state index in [0.717, 1.165) is 25.4 Å². The summed E-state index contributed by atoms with van der Waals surface area (Å²) in [5, 5.41) is 22.8. The van der Waals surface area contributed by atoms with Crippen molar-refractivity contribution in [3.8, 4) is 0 Å². The highest BCUT2D eigenvalue weighted by Gasteiger charge is 2.18. The average Bonchev–Trinajstić information content (AvgIpc) is 3.10. The third kappa shape index (κ3) is 8.27. The molecule has 0 saturated heterocycles. The van der Waals surface area contributed by atoms with E-state index >= 15 is 0 Å². The van der Waals surface area contributed by atoms with Gasteiger partial charge in [0.05, 0.1) is 11.5 Å². The Morgan fingerprint density at radius 2 is 1.06 bits per heavy atom. The zero-order valence-electron chi connectivity index (χ0n) is 26.8. The maximum atomic E-state index is 10.9. The van der Waals surface area contributed by atoms with Crippen LogP contribution < -0.4 is 0 Å². The van der Waals surface area contributed by atoms with Gasteiger partial charge in [0.15, 0.2) is 0 Å². The number of rotatable bonds is 10. The first kappa shape index (κ1) is 35.1. The summed E-state index contributed by atoms with van der Waals surface area (Å²) < 4.78 is 1.07. The predicted octanol–water partition coefficient (Wildman–Crippen LogP) is 10.2. The molecule has 244 valence electrons. The number of carboxylic acids is 2. The fourth-order valence-corrected chi connectivity index (χ4v) is 7.97. The molecule has 0 bridgehead atoms. The first-order valence-electron chi connectivity index (χ1n) is 15.4. The van der Waals surface area contributed by atoms with Crippen molar-refractivity contribution in [2.45, 2.75) is 42.4 Å². The molecule has 2 unspecified atom stereocenters. The van der Waals surface area contributed by atoms with E-state index in [1.54, 1.807) is 12.4 Å². The van der Waals surface area contributed by atoms with Crippen molar-refractivity contribution in [2.75, 3.05) is 11.5 Å². The molecule has 4 aromatic carbocycles. The lowest BCUT2D eigenvalue weighted by atomic mass is 9.89. The molecule has 2 N–H and O–H groups in total. The number of hydrogen-bond donors (Lipinski definition) is 2. The van der Waals surface area contributed by atoms with E-state index in [-0.39, 0.29) is 23.3 Å². The normalized spacial score (nSPS) is 12.2. The van der Waals surface area contributed by atoms with Crippen LogP contribution >= 0.6 is 39.5 Å². The second-order valence-corrected chi connectivity index (χ2v) is 14.2. The molecule has 0 fully saturated rings. The third-order valence-corrected chi connectivity index (χ3v) is 11.1. The molecule has 6 aromatic rings. The Labute approximate surface area is 297 Å². The fraction of sp³-hybridized carbons (Fsp3) is 0.179. The largest absolute Gasteiger partial charge is 0.481 e. The molecule has 0 aliphatic rings. The molecule has 0 aliphatic carbocycles. The second-order valence-electron chi connectivity index (χ2n) is 11.3. The van der Waals surface area contributed by atoms with Crippen molar-refractivity contribution in [2.24, 2.45) is 0 Å². The Kier molecular flexibility index (Phi) is 11.9. The molecule has 0 spiro atoms. The number of fused-ring (bicyclic) bond motifs is 2. The van der Waals surface area contributed by atoms with Crippen LogP contribution in [0.25, 0.3) is 21.5 Å². The quantitative estimate of drug-likeness (QED) is 0.134. The number of pyridine rings is 2. The van der Waals surface area contributed by atoms with Crippen LogP contribution in [-0.2, 0) is 9.59 Å². The Balaban J connectivity index is 0.000000188. The van der Waals surface area contributed by atoms with Gasteiger partial charge in [-0.2, -0.15) is 0 Å². The summed E-state index contributed by atoms with van der Waals surface area (Å²) in [6.07, 6.45) is 7.11. The molecule has 6 nitrogen and oxygen atoms in total. The van der Waals surface area contributed by atoms with Gasteiger partial charge in [-0.05, 0) is 74.5 Å². The second kappa shape index (κ2) is 16.3. The summed E-state index contributed by atoms with van der Waals surface area (Å²) in [6.45, 7) is 6.41. The lowest BCUT2D eigenvalue weighted by Gasteiger charge is -2.18. The van der Waals surface area contributed by atoms with Crippen molar-refractivity contribution in [1.82, 2.24) is 9.97 Å². The summed E-state index contributed by atoms with van der Waals surface area (Å²) in [5.74, 6) is -1.27. The Morgan fingerprint density at radius 3 is 1.56 bits per heavy atom. The zero-order chi connectivity index (χ0) is 34.2. The van der Waals surface area contributed by atoms with Crippen molar-refractivity contribution in [3.63, 3.8) is 0 Å². The molecule has 0 amide bonds. The molecule has 9 heteroatoms. The van der Waals surface area contributed by atoms with Crippen molar-refractivity contribution in [1.29, 1.82) is 0 Å². The topological polar surface area (TPSA) is 100 Å². The van der Waals surface area contributed by atoms with Crippen molar-refractivity contribution < 1.29 is 19.8 Å². The number of aryl methyl sites for hydroxylation is 1. The zero-order valence-corrected chi connectivity index (χ0v) is 30.0. The van der Waals surface area contributed by atoms with E-state index in [2.05, 4.69) is 107 Å². The highest BCUT2D eigenvalue weighted by molar-refractivity contribution is 9.10. The number of benzene rings is 4. The minimum atomic E-state index is -0.815. The monoisotopic (exact) mass is 738 g/mol. The molecular weight excluding hydrogens is 704 g/mol. The predicted molar refractivity (Wildman–Crippen MR) is 201 cm³/mol. The molecular formula is C39H35BrN2O4S2. The summed E-state index contributed by atoms with van der Waals surface area (Å²) in [4.78, 5) is 32.2. The summed E-state index contributed by atoms with van der Waals surface area (Å²) in [6, 6.07) is 29.0. The minimum absolute atomic E-state index is 0.0464. The van der Waals surface area contributed by atoms with Crippen LogP contribution in [0.2, 0.25) is 0 Å². The van der Waals surface area contributed by atoms with E-state index in [1.807, 2.05) is 36.7 Å². The number of nitrogens with zero attached hydrogens (tertiary/aromatic N) is 2. The van der Waals surface area contributed by atoms with Gasteiger partial charge in [-0.25, -0.2) is 0 Å².